The van der Waals surface area contributed by atoms with E-state index < -0.39 is 0 Å². The average molecular weight is 314 g/mol. The number of nitrogens with zero attached hydrogens (tertiary/aromatic N) is 2. The van der Waals surface area contributed by atoms with Crippen LogP contribution in [-0.4, -0.2) is 32.6 Å². The van der Waals surface area contributed by atoms with Gasteiger partial charge < -0.3 is 15.5 Å². The first-order chi connectivity index (χ1) is 11.3. The Morgan fingerprint density at radius 3 is 2.43 bits per heavy atom. The van der Waals surface area contributed by atoms with E-state index >= 15 is 0 Å². The fourth-order valence-corrected chi connectivity index (χ4v) is 2.68. The van der Waals surface area contributed by atoms with Gasteiger partial charge in [-0.2, -0.15) is 0 Å². The van der Waals surface area contributed by atoms with Crippen LogP contribution in [0.1, 0.15) is 38.2 Å². The molecule has 1 aliphatic rings. The van der Waals surface area contributed by atoms with E-state index in [0.717, 1.165) is 32.1 Å². The third kappa shape index (κ3) is 5.97. The van der Waals surface area contributed by atoms with E-state index in [-0.39, 0.29) is 0 Å². The summed E-state index contributed by atoms with van der Waals surface area (Å²) in [7, 11) is 1.82. The quantitative estimate of drug-likeness (QED) is 0.335. The van der Waals surface area contributed by atoms with E-state index in [9.17, 15) is 0 Å². The summed E-state index contributed by atoms with van der Waals surface area (Å²) in [5.74, 6) is 0.884. The Hall–Kier alpha value is -1.97. The molecule has 2 N–H and O–H groups in total. The van der Waals surface area contributed by atoms with Gasteiger partial charge in [0.2, 0.25) is 0 Å². The predicted octanol–water partition coefficient (Wildman–Crippen LogP) is 3.31. The van der Waals surface area contributed by atoms with Crippen LogP contribution < -0.4 is 15.5 Å². The lowest BCUT2D eigenvalue weighted by Crippen LogP contribution is -2.37. The predicted molar refractivity (Wildman–Crippen MR) is 100 cm³/mol. The van der Waals surface area contributed by atoms with Gasteiger partial charge >= 0.3 is 0 Å². The summed E-state index contributed by atoms with van der Waals surface area (Å²) in [6, 6.07) is 8.78. The second-order valence-corrected chi connectivity index (χ2v) is 5.96. The maximum absolute atomic E-state index is 4.28. The summed E-state index contributed by atoms with van der Waals surface area (Å²) >= 11 is 0. The molecular formula is C19H30N4. The molecule has 23 heavy (non-hydrogen) atoms. The van der Waals surface area contributed by atoms with Crippen molar-refractivity contribution in [1.29, 1.82) is 0 Å². The number of guanidine groups is 1. The highest BCUT2D eigenvalue weighted by Gasteiger charge is 2.07. The van der Waals surface area contributed by atoms with Gasteiger partial charge in [-0.3, -0.25) is 4.99 Å². The van der Waals surface area contributed by atoms with Crippen molar-refractivity contribution in [3.05, 3.63) is 42.0 Å². The average Bonchev–Trinajstić information content (AvgIpc) is 3.12. The molecule has 0 spiro atoms. The number of rotatable bonds is 8. The molecule has 0 radical (unpaired) electrons. The lowest BCUT2D eigenvalue weighted by atomic mass is 10.2. The smallest absolute Gasteiger partial charge is 0.191 e. The molecule has 1 aromatic carbocycles. The standard InChI is InChI=1S/C19H30N4/c1-3-4-5-6-13-21-19(20-2)22-16-17-9-11-18(12-10-17)23-14-7-8-15-23/h7-12H,3-6,13-16H2,1-2H3,(H2,20,21,22). The van der Waals surface area contributed by atoms with E-state index in [1.54, 1.807) is 0 Å². The van der Waals surface area contributed by atoms with Gasteiger partial charge in [-0.25, -0.2) is 0 Å². The molecule has 0 bridgehead atoms. The first-order valence-electron chi connectivity index (χ1n) is 8.77. The molecule has 1 aliphatic heterocycles. The minimum Gasteiger partial charge on any atom is -0.364 e. The number of hydrogen-bond acceptors (Lipinski definition) is 2. The van der Waals surface area contributed by atoms with Gasteiger partial charge in [0.1, 0.15) is 0 Å². The normalized spacial score (nSPS) is 14.3. The number of nitrogens with one attached hydrogen (secondary N) is 2. The monoisotopic (exact) mass is 314 g/mol. The molecule has 1 aromatic rings. The number of benzene rings is 1. The third-order valence-electron chi connectivity index (χ3n) is 4.13. The van der Waals surface area contributed by atoms with Crippen molar-refractivity contribution in [3.8, 4) is 0 Å². The molecule has 126 valence electrons. The van der Waals surface area contributed by atoms with Gasteiger partial charge in [-0.1, -0.05) is 50.5 Å². The van der Waals surface area contributed by atoms with Crippen LogP contribution in [0.4, 0.5) is 5.69 Å². The Balaban J connectivity index is 1.71. The van der Waals surface area contributed by atoms with E-state index in [1.165, 1.54) is 36.9 Å². The van der Waals surface area contributed by atoms with Gasteiger partial charge in [0.25, 0.3) is 0 Å². The Kier molecular flexibility index (Phi) is 7.50. The second-order valence-electron chi connectivity index (χ2n) is 5.96. The SMILES string of the molecule is CCCCCCNC(=NC)NCc1ccc(N2CC=CC2)cc1. The summed E-state index contributed by atoms with van der Waals surface area (Å²) in [6.07, 6.45) is 9.50. The molecule has 1 heterocycles. The highest BCUT2D eigenvalue weighted by atomic mass is 15.2. The molecule has 4 heteroatoms. The van der Waals surface area contributed by atoms with Crippen LogP contribution in [0.5, 0.6) is 0 Å². The topological polar surface area (TPSA) is 39.7 Å². The van der Waals surface area contributed by atoms with Crippen molar-refractivity contribution in [2.75, 3.05) is 31.6 Å². The molecule has 0 aliphatic carbocycles. The molecule has 4 nitrogen and oxygen atoms in total. The minimum absolute atomic E-state index is 0.799. The zero-order chi connectivity index (χ0) is 16.3. The number of hydrogen-bond donors (Lipinski definition) is 2. The summed E-state index contributed by atoms with van der Waals surface area (Å²) < 4.78 is 0. The summed E-state index contributed by atoms with van der Waals surface area (Å²) in [4.78, 5) is 6.63. The molecule has 0 fully saturated rings. The highest BCUT2D eigenvalue weighted by molar-refractivity contribution is 5.79. The van der Waals surface area contributed by atoms with E-state index in [1.807, 2.05) is 7.05 Å². The summed E-state index contributed by atoms with van der Waals surface area (Å²) in [6.45, 7) is 6.06. The second kappa shape index (κ2) is 9.93. The van der Waals surface area contributed by atoms with E-state index in [0.29, 0.717) is 0 Å². The molecule has 0 saturated carbocycles. The van der Waals surface area contributed by atoms with E-state index in [4.69, 9.17) is 0 Å². The first kappa shape index (κ1) is 17.4. The van der Waals surface area contributed by atoms with Crippen molar-refractivity contribution in [2.24, 2.45) is 4.99 Å². The Morgan fingerprint density at radius 1 is 1.04 bits per heavy atom. The summed E-state index contributed by atoms with van der Waals surface area (Å²) in [5.41, 5.74) is 2.56. The van der Waals surface area contributed by atoms with Crippen LogP contribution in [0.2, 0.25) is 0 Å². The molecule has 0 atom stereocenters. The zero-order valence-electron chi connectivity index (χ0n) is 14.5. The maximum Gasteiger partial charge on any atom is 0.191 e. The van der Waals surface area contributed by atoms with Crippen molar-refractivity contribution in [1.82, 2.24) is 10.6 Å². The molecule has 0 aromatic heterocycles. The Bertz CT molecular complexity index is 497. The van der Waals surface area contributed by atoms with Crippen LogP contribution in [0.15, 0.2) is 41.4 Å². The van der Waals surface area contributed by atoms with Gasteiger partial charge in [0, 0.05) is 38.9 Å². The molecule has 0 amide bonds. The fourth-order valence-electron chi connectivity index (χ4n) is 2.68. The van der Waals surface area contributed by atoms with Crippen LogP contribution in [0.25, 0.3) is 0 Å². The zero-order valence-corrected chi connectivity index (χ0v) is 14.5. The number of anilines is 1. The van der Waals surface area contributed by atoms with Crippen molar-refractivity contribution >= 4 is 11.6 Å². The largest absolute Gasteiger partial charge is 0.364 e. The Morgan fingerprint density at radius 2 is 1.78 bits per heavy atom. The fraction of sp³-hybridized carbons (Fsp3) is 0.526. The third-order valence-corrected chi connectivity index (χ3v) is 4.13. The van der Waals surface area contributed by atoms with Crippen molar-refractivity contribution < 1.29 is 0 Å². The summed E-state index contributed by atoms with van der Waals surface area (Å²) in [5, 5.41) is 6.76. The first-order valence-corrected chi connectivity index (χ1v) is 8.77. The molecule has 0 unspecified atom stereocenters. The van der Waals surface area contributed by atoms with Crippen molar-refractivity contribution in [2.45, 2.75) is 39.2 Å². The van der Waals surface area contributed by atoms with Gasteiger partial charge in [0.05, 0.1) is 0 Å². The van der Waals surface area contributed by atoms with Gasteiger partial charge in [0.15, 0.2) is 5.96 Å². The number of aliphatic imine (C=N–C) groups is 1. The minimum atomic E-state index is 0.799. The highest BCUT2D eigenvalue weighted by Crippen LogP contribution is 2.17. The van der Waals surface area contributed by atoms with Crippen LogP contribution in [0, 0.1) is 0 Å². The van der Waals surface area contributed by atoms with Gasteiger partial charge in [-0.05, 0) is 24.1 Å². The van der Waals surface area contributed by atoms with Crippen LogP contribution >= 0.6 is 0 Å². The van der Waals surface area contributed by atoms with Crippen LogP contribution in [-0.2, 0) is 6.54 Å². The maximum atomic E-state index is 4.28. The Labute approximate surface area is 140 Å². The lowest BCUT2D eigenvalue weighted by Gasteiger charge is -2.18. The lowest BCUT2D eigenvalue weighted by molar-refractivity contribution is 0.647. The van der Waals surface area contributed by atoms with Crippen molar-refractivity contribution in [3.63, 3.8) is 0 Å². The van der Waals surface area contributed by atoms with Crippen LogP contribution in [0.3, 0.4) is 0 Å². The van der Waals surface area contributed by atoms with E-state index in [2.05, 4.69) is 63.9 Å². The molecular weight excluding hydrogens is 284 g/mol. The molecule has 0 saturated heterocycles. The molecule has 2 rings (SSSR count). The number of unbranched alkanes of at least 4 members (excludes halogenated alkanes) is 3. The van der Waals surface area contributed by atoms with Gasteiger partial charge in [-0.15, -0.1) is 0 Å².